The van der Waals surface area contributed by atoms with Crippen LogP contribution in [0.4, 0.5) is 0 Å². The zero-order chi connectivity index (χ0) is 20.3. The minimum absolute atomic E-state index is 0.240. The molecular formula is C22H32N6O. The number of likely N-dealkylation sites (N-methyl/N-ethyl adjacent to an activating group) is 1. The lowest BCUT2D eigenvalue weighted by Crippen LogP contribution is -2.47. The van der Waals surface area contributed by atoms with Gasteiger partial charge in [0.1, 0.15) is 5.54 Å². The third kappa shape index (κ3) is 4.06. The van der Waals surface area contributed by atoms with Crippen molar-refractivity contribution >= 4 is 5.91 Å². The van der Waals surface area contributed by atoms with E-state index in [-0.39, 0.29) is 11.4 Å². The fourth-order valence-corrected chi connectivity index (χ4v) is 4.90. The van der Waals surface area contributed by atoms with Crippen LogP contribution in [0.2, 0.25) is 0 Å². The van der Waals surface area contributed by atoms with Gasteiger partial charge >= 0.3 is 0 Å². The molecule has 1 saturated carbocycles. The highest BCUT2D eigenvalue weighted by molar-refractivity contribution is 5.76. The Morgan fingerprint density at radius 3 is 2.69 bits per heavy atom. The van der Waals surface area contributed by atoms with Gasteiger partial charge in [-0.15, -0.1) is 5.10 Å². The SMILES string of the molecule is CN(C)C1(c2nnnn2C2CCCC2)CCN(C(=O)CCCc2ccccc2)C1. The summed E-state index contributed by atoms with van der Waals surface area (Å²) in [5, 5.41) is 12.8. The lowest BCUT2D eigenvalue weighted by Gasteiger charge is -2.35. The first-order valence-corrected chi connectivity index (χ1v) is 10.9. The maximum absolute atomic E-state index is 12.9. The number of carbonyl (C=O) groups is 1. The quantitative estimate of drug-likeness (QED) is 0.720. The molecule has 4 rings (SSSR count). The summed E-state index contributed by atoms with van der Waals surface area (Å²) < 4.78 is 2.05. The number of carbonyl (C=O) groups excluding carboxylic acids is 1. The number of hydrogen-bond donors (Lipinski definition) is 0. The standard InChI is InChI=1S/C22H32N6O/c1-26(2)22(21-23-24-25-28(21)19-12-6-7-13-19)15-16-27(17-22)20(29)14-8-11-18-9-4-3-5-10-18/h3-5,9-10,19H,6-8,11-17H2,1-2H3. The molecule has 7 nitrogen and oxygen atoms in total. The second-order valence-electron chi connectivity index (χ2n) is 8.72. The van der Waals surface area contributed by atoms with Gasteiger partial charge in [0.05, 0.1) is 6.04 Å². The predicted octanol–water partition coefficient (Wildman–Crippen LogP) is 2.80. The third-order valence-corrected chi connectivity index (χ3v) is 6.74. The van der Waals surface area contributed by atoms with Crippen molar-refractivity contribution in [3.63, 3.8) is 0 Å². The first kappa shape index (κ1) is 20.0. The summed E-state index contributed by atoms with van der Waals surface area (Å²) in [6.07, 6.45) is 8.06. The molecule has 0 spiro atoms. The number of tetrazole rings is 1. The first-order chi connectivity index (χ1) is 14.1. The molecule has 1 saturated heterocycles. The molecule has 1 aromatic carbocycles. The summed E-state index contributed by atoms with van der Waals surface area (Å²) in [5.74, 6) is 1.17. The molecule has 29 heavy (non-hydrogen) atoms. The maximum atomic E-state index is 12.9. The molecule has 1 unspecified atom stereocenters. The number of nitrogens with zero attached hydrogens (tertiary/aromatic N) is 6. The Balaban J connectivity index is 1.43. The highest BCUT2D eigenvalue weighted by Crippen LogP contribution is 2.38. The number of likely N-dealkylation sites (tertiary alicyclic amines) is 1. The minimum Gasteiger partial charge on any atom is -0.340 e. The molecular weight excluding hydrogens is 364 g/mol. The third-order valence-electron chi connectivity index (χ3n) is 6.74. The number of aromatic nitrogens is 4. The zero-order valence-corrected chi connectivity index (χ0v) is 17.6. The Kier molecular flexibility index (Phi) is 5.94. The van der Waals surface area contributed by atoms with Gasteiger partial charge in [0, 0.05) is 19.5 Å². The van der Waals surface area contributed by atoms with Gasteiger partial charge in [0.2, 0.25) is 5.91 Å². The monoisotopic (exact) mass is 396 g/mol. The van der Waals surface area contributed by atoms with E-state index >= 15 is 0 Å². The lowest BCUT2D eigenvalue weighted by atomic mass is 9.95. The van der Waals surface area contributed by atoms with Gasteiger partial charge in [-0.05, 0) is 62.2 Å². The summed E-state index contributed by atoms with van der Waals surface area (Å²) in [6.45, 7) is 1.43. The second kappa shape index (κ2) is 8.61. The van der Waals surface area contributed by atoms with Crippen molar-refractivity contribution in [2.45, 2.75) is 62.9 Å². The van der Waals surface area contributed by atoms with Crippen LogP contribution in [0.5, 0.6) is 0 Å². The molecule has 0 bridgehead atoms. The molecule has 1 aromatic heterocycles. The Morgan fingerprint density at radius 1 is 1.21 bits per heavy atom. The Morgan fingerprint density at radius 2 is 1.97 bits per heavy atom. The van der Waals surface area contributed by atoms with E-state index in [0.29, 0.717) is 19.0 Å². The summed E-state index contributed by atoms with van der Waals surface area (Å²) in [4.78, 5) is 17.1. The van der Waals surface area contributed by atoms with Gasteiger partial charge in [-0.1, -0.05) is 43.2 Å². The highest BCUT2D eigenvalue weighted by atomic mass is 16.2. The Hall–Kier alpha value is -2.28. The van der Waals surface area contributed by atoms with Crippen LogP contribution in [0, 0.1) is 0 Å². The van der Waals surface area contributed by atoms with Crippen LogP contribution in [-0.2, 0) is 16.8 Å². The molecule has 1 aliphatic heterocycles. The number of benzene rings is 1. The molecule has 1 amide bonds. The first-order valence-electron chi connectivity index (χ1n) is 10.9. The van der Waals surface area contributed by atoms with Gasteiger partial charge in [-0.3, -0.25) is 9.69 Å². The smallest absolute Gasteiger partial charge is 0.222 e. The molecule has 156 valence electrons. The Labute approximate surface area is 173 Å². The van der Waals surface area contributed by atoms with Gasteiger partial charge in [-0.25, -0.2) is 4.68 Å². The van der Waals surface area contributed by atoms with Crippen molar-refractivity contribution in [2.75, 3.05) is 27.2 Å². The summed E-state index contributed by atoms with van der Waals surface area (Å²) in [7, 11) is 4.16. The molecule has 7 heteroatoms. The largest absolute Gasteiger partial charge is 0.340 e. The highest BCUT2D eigenvalue weighted by Gasteiger charge is 2.47. The zero-order valence-electron chi connectivity index (χ0n) is 17.6. The van der Waals surface area contributed by atoms with Crippen molar-refractivity contribution in [1.82, 2.24) is 30.0 Å². The van der Waals surface area contributed by atoms with Crippen LogP contribution in [-0.4, -0.2) is 63.1 Å². The van der Waals surface area contributed by atoms with E-state index in [0.717, 1.165) is 44.5 Å². The number of rotatable bonds is 7. The van der Waals surface area contributed by atoms with Gasteiger partial charge < -0.3 is 4.90 Å². The minimum atomic E-state index is -0.304. The van der Waals surface area contributed by atoms with E-state index in [1.54, 1.807) is 0 Å². The molecule has 2 heterocycles. The fraction of sp³-hybridized carbons (Fsp3) is 0.636. The average molecular weight is 397 g/mol. The predicted molar refractivity (Wildman–Crippen MR) is 111 cm³/mol. The van der Waals surface area contributed by atoms with Gasteiger partial charge in [-0.2, -0.15) is 0 Å². The van der Waals surface area contributed by atoms with Crippen LogP contribution < -0.4 is 0 Å². The normalized spacial score (nSPS) is 22.7. The van der Waals surface area contributed by atoms with E-state index in [2.05, 4.69) is 63.5 Å². The number of aryl methyl sites for hydroxylation is 1. The number of hydrogen-bond acceptors (Lipinski definition) is 5. The Bertz CT molecular complexity index is 814. The summed E-state index contributed by atoms with van der Waals surface area (Å²) >= 11 is 0. The lowest BCUT2D eigenvalue weighted by molar-refractivity contribution is -0.130. The van der Waals surface area contributed by atoms with Crippen LogP contribution >= 0.6 is 0 Å². The average Bonchev–Trinajstić information content (AvgIpc) is 3.48. The van der Waals surface area contributed by atoms with Crippen molar-refractivity contribution < 1.29 is 4.79 Å². The topological polar surface area (TPSA) is 67.2 Å². The van der Waals surface area contributed by atoms with Crippen molar-refractivity contribution in [3.8, 4) is 0 Å². The van der Waals surface area contributed by atoms with Crippen molar-refractivity contribution in [3.05, 3.63) is 41.7 Å². The van der Waals surface area contributed by atoms with Crippen LogP contribution in [0.3, 0.4) is 0 Å². The van der Waals surface area contributed by atoms with Crippen molar-refractivity contribution in [1.29, 1.82) is 0 Å². The molecule has 1 aliphatic carbocycles. The molecule has 0 N–H and O–H groups in total. The summed E-state index contributed by atoms with van der Waals surface area (Å²) in [6, 6.07) is 10.8. The van der Waals surface area contributed by atoms with Gasteiger partial charge in [0.15, 0.2) is 5.82 Å². The van der Waals surface area contributed by atoms with Gasteiger partial charge in [0.25, 0.3) is 0 Å². The second-order valence-corrected chi connectivity index (χ2v) is 8.72. The molecule has 0 radical (unpaired) electrons. The van der Waals surface area contributed by atoms with Crippen LogP contribution in [0.25, 0.3) is 0 Å². The molecule has 2 fully saturated rings. The van der Waals surface area contributed by atoms with E-state index < -0.39 is 0 Å². The van der Waals surface area contributed by atoms with E-state index in [4.69, 9.17) is 0 Å². The van der Waals surface area contributed by atoms with Crippen molar-refractivity contribution in [2.24, 2.45) is 0 Å². The van der Waals surface area contributed by atoms with E-state index in [1.165, 1.54) is 18.4 Å². The number of amides is 1. The van der Waals surface area contributed by atoms with Crippen LogP contribution in [0.1, 0.15) is 62.4 Å². The molecule has 1 atom stereocenters. The summed E-state index contributed by atoms with van der Waals surface area (Å²) in [5.41, 5.74) is 0.987. The van der Waals surface area contributed by atoms with Crippen LogP contribution in [0.15, 0.2) is 30.3 Å². The molecule has 2 aliphatic rings. The molecule has 2 aromatic rings. The fourth-order valence-electron chi connectivity index (χ4n) is 4.90. The van der Waals surface area contributed by atoms with E-state index in [9.17, 15) is 4.79 Å². The van der Waals surface area contributed by atoms with E-state index in [1.807, 2.05) is 11.0 Å². The maximum Gasteiger partial charge on any atom is 0.222 e.